The third-order valence-corrected chi connectivity index (χ3v) is 12.4. The highest BCUT2D eigenvalue weighted by molar-refractivity contribution is 7.26. The highest BCUT2D eigenvalue weighted by Gasteiger charge is 2.25. The van der Waals surface area contributed by atoms with Gasteiger partial charge in [0.25, 0.3) is 0 Å². The van der Waals surface area contributed by atoms with Gasteiger partial charge in [0.1, 0.15) is 23.0 Å². The number of aliphatic imine (C=N–C) groups is 2. The van der Waals surface area contributed by atoms with Crippen molar-refractivity contribution in [1.29, 1.82) is 0 Å². The molecule has 2 unspecified atom stereocenters. The summed E-state index contributed by atoms with van der Waals surface area (Å²) in [5, 5.41) is 11.2. The number of fused-ring (bicyclic) bond motifs is 8. The summed E-state index contributed by atoms with van der Waals surface area (Å²) in [6.45, 7) is 0. The lowest BCUT2D eigenvalue weighted by molar-refractivity contribution is 0.568. The minimum atomic E-state index is -0.191. The summed E-state index contributed by atoms with van der Waals surface area (Å²) in [4.78, 5) is 10.2. The summed E-state index contributed by atoms with van der Waals surface area (Å²) in [5.74, 6) is 1.92. The summed E-state index contributed by atoms with van der Waals surface area (Å²) in [6.07, 6.45) is 13.7. The Morgan fingerprint density at radius 3 is 2.28 bits per heavy atom. The highest BCUT2D eigenvalue weighted by atomic mass is 32.1. The summed E-state index contributed by atoms with van der Waals surface area (Å²) < 4.78 is 9.34. The van der Waals surface area contributed by atoms with E-state index < -0.39 is 0 Å². The average molecular weight is 714 g/mol. The molecule has 2 aromatic heterocycles. The largest absolute Gasteiger partial charge is 0.456 e. The molecule has 3 aliphatic rings. The van der Waals surface area contributed by atoms with E-state index in [1.54, 1.807) is 0 Å². The molecule has 4 nitrogen and oxygen atoms in total. The minimum absolute atomic E-state index is 0.191. The van der Waals surface area contributed by atoms with Gasteiger partial charge >= 0.3 is 0 Å². The van der Waals surface area contributed by atoms with Gasteiger partial charge in [0.15, 0.2) is 5.84 Å². The van der Waals surface area contributed by atoms with Crippen LogP contribution in [0.25, 0.3) is 64.7 Å². The van der Waals surface area contributed by atoms with Crippen LogP contribution in [0.5, 0.6) is 0 Å². The van der Waals surface area contributed by atoms with Crippen LogP contribution >= 0.6 is 11.3 Å². The second-order valence-electron chi connectivity index (χ2n) is 14.3. The third kappa shape index (κ3) is 5.11. The van der Waals surface area contributed by atoms with Crippen molar-refractivity contribution < 1.29 is 4.42 Å². The molecule has 0 saturated heterocycles. The summed E-state index contributed by atoms with van der Waals surface area (Å²) in [6, 6.07) is 45.7. The zero-order chi connectivity index (χ0) is 35.6. The van der Waals surface area contributed by atoms with Crippen LogP contribution in [-0.2, 0) is 0 Å². The van der Waals surface area contributed by atoms with Gasteiger partial charge in [-0.25, -0.2) is 9.98 Å². The van der Waals surface area contributed by atoms with E-state index in [1.807, 2.05) is 17.4 Å². The molecule has 54 heavy (non-hydrogen) atoms. The van der Waals surface area contributed by atoms with Gasteiger partial charge in [0.05, 0.1) is 0 Å². The molecule has 0 spiro atoms. The van der Waals surface area contributed by atoms with Gasteiger partial charge in [0.2, 0.25) is 0 Å². The number of amidine groups is 2. The maximum absolute atomic E-state index is 6.72. The van der Waals surface area contributed by atoms with Crippen LogP contribution in [0, 0.1) is 5.92 Å². The van der Waals surface area contributed by atoms with E-state index >= 15 is 0 Å². The highest BCUT2D eigenvalue weighted by Crippen LogP contribution is 2.43. The van der Waals surface area contributed by atoms with Crippen LogP contribution in [0.15, 0.2) is 166 Å². The number of benzene rings is 6. The summed E-state index contributed by atoms with van der Waals surface area (Å²) in [7, 11) is 0. The Labute approximate surface area is 316 Å². The monoisotopic (exact) mass is 713 g/mol. The molecule has 0 amide bonds. The number of rotatable bonds is 5. The molecular formula is C49H35N3OS. The van der Waals surface area contributed by atoms with Crippen molar-refractivity contribution in [1.82, 2.24) is 5.32 Å². The van der Waals surface area contributed by atoms with E-state index in [2.05, 4.69) is 157 Å². The predicted molar refractivity (Wildman–Crippen MR) is 227 cm³/mol. The van der Waals surface area contributed by atoms with Gasteiger partial charge in [-0.2, -0.15) is 0 Å². The summed E-state index contributed by atoms with van der Waals surface area (Å²) in [5.41, 5.74) is 9.11. The fourth-order valence-electron chi connectivity index (χ4n) is 8.50. The average Bonchev–Trinajstić information content (AvgIpc) is 3.84. The number of nitrogens with zero attached hydrogens (tertiary/aromatic N) is 2. The van der Waals surface area contributed by atoms with Crippen LogP contribution in [0.3, 0.4) is 0 Å². The second kappa shape index (κ2) is 12.7. The molecule has 2 aliphatic carbocycles. The molecule has 3 heterocycles. The smallest absolute Gasteiger partial charge is 0.159 e. The maximum Gasteiger partial charge on any atom is 0.159 e. The standard InChI is InChI=1S/C49H35N3OS/c1-3-13-32(14-4-1)47-50-48(33-15-5-2-6-16-33)52-49(51-47)34-26-24-31(25-27-34)36-18-9-21-39-40-22-11-20-38(46(40)54-45(36)39)37-19-10-23-41-43-35-17-8-7-12-30(35)28-29-42(43)53-44(37)41/h1-9,11-15,17-18,20-29,33,47H,10,16,19H2,(H,50,51,52). The van der Waals surface area contributed by atoms with Gasteiger partial charge in [-0.1, -0.05) is 152 Å². The Hall–Kier alpha value is -6.30. The van der Waals surface area contributed by atoms with Crippen LogP contribution in [0.4, 0.5) is 0 Å². The molecule has 11 rings (SSSR count). The lowest BCUT2D eigenvalue weighted by Gasteiger charge is -2.27. The second-order valence-corrected chi connectivity index (χ2v) is 15.4. The fourth-order valence-corrected chi connectivity index (χ4v) is 9.88. The van der Waals surface area contributed by atoms with Crippen molar-refractivity contribution in [3.05, 3.63) is 179 Å². The van der Waals surface area contributed by atoms with Gasteiger partial charge in [-0.05, 0) is 58.4 Å². The molecule has 258 valence electrons. The molecule has 0 bridgehead atoms. The Morgan fingerprint density at radius 1 is 0.685 bits per heavy atom. The van der Waals surface area contributed by atoms with Crippen molar-refractivity contribution in [3.63, 3.8) is 0 Å². The topological polar surface area (TPSA) is 49.9 Å². The van der Waals surface area contributed by atoms with E-state index in [9.17, 15) is 0 Å². The maximum atomic E-state index is 6.72. The number of furan rings is 1. The number of thiophene rings is 1. The van der Waals surface area contributed by atoms with E-state index in [1.165, 1.54) is 63.8 Å². The first-order valence-electron chi connectivity index (χ1n) is 18.8. The molecule has 1 aliphatic heterocycles. The van der Waals surface area contributed by atoms with Gasteiger partial charge in [-0.3, -0.25) is 0 Å². The van der Waals surface area contributed by atoms with Crippen LogP contribution in [0.1, 0.15) is 42.1 Å². The van der Waals surface area contributed by atoms with E-state index in [4.69, 9.17) is 14.4 Å². The van der Waals surface area contributed by atoms with Crippen LogP contribution in [-0.4, -0.2) is 11.7 Å². The Bertz CT molecular complexity index is 3050. The quantitative estimate of drug-likeness (QED) is 0.193. The Morgan fingerprint density at radius 2 is 1.44 bits per heavy atom. The zero-order valence-corrected chi connectivity index (χ0v) is 30.3. The fraction of sp³-hybridized carbons (Fsp3) is 0.102. The van der Waals surface area contributed by atoms with Crippen molar-refractivity contribution in [2.24, 2.45) is 15.9 Å². The number of hydrogen-bond acceptors (Lipinski definition) is 5. The molecule has 5 heteroatoms. The van der Waals surface area contributed by atoms with Crippen molar-refractivity contribution in [2.75, 3.05) is 0 Å². The minimum Gasteiger partial charge on any atom is -0.456 e. The SMILES string of the molecule is C1=CCC(C2=NC(c3ccc(-c4cccc5c4sc4c(C6=c7oc8ccc9ccccc9c8c7=CCC6)cccc45)cc3)=NC(c3ccccc3)N2)C=C1. The van der Waals surface area contributed by atoms with Gasteiger partial charge in [-0.15, -0.1) is 11.3 Å². The van der Waals surface area contributed by atoms with E-state index in [0.717, 1.165) is 53.1 Å². The molecule has 8 aromatic rings. The van der Waals surface area contributed by atoms with Crippen molar-refractivity contribution in [2.45, 2.75) is 25.4 Å². The molecule has 2 atom stereocenters. The van der Waals surface area contributed by atoms with Gasteiger partial charge in [0, 0.05) is 47.8 Å². The first-order chi connectivity index (χ1) is 26.8. The first kappa shape index (κ1) is 31.2. The molecule has 0 saturated carbocycles. The molecule has 0 radical (unpaired) electrons. The normalized spacial score (nSPS) is 18.1. The first-order valence-corrected chi connectivity index (χ1v) is 19.6. The third-order valence-electron chi connectivity index (χ3n) is 11.1. The number of hydrogen-bond donors (Lipinski definition) is 1. The Balaban J connectivity index is 1.01. The Kier molecular flexibility index (Phi) is 7.34. The van der Waals surface area contributed by atoms with Crippen LogP contribution < -0.4 is 16.0 Å². The van der Waals surface area contributed by atoms with Crippen LogP contribution in [0.2, 0.25) is 0 Å². The molecular weight excluding hydrogens is 679 g/mol. The number of nitrogens with one attached hydrogen (secondary N) is 1. The molecule has 1 N–H and O–H groups in total. The van der Waals surface area contributed by atoms with E-state index in [-0.39, 0.29) is 12.1 Å². The van der Waals surface area contributed by atoms with Crippen molar-refractivity contribution in [3.8, 4) is 11.1 Å². The number of allylic oxidation sites excluding steroid dienone is 3. The molecule has 0 fully saturated rings. The molecule has 6 aromatic carbocycles. The lowest BCUT2D eigenvalue weighted by Crippen LogP contribution is -2.37. The van der Waals surface area contributed by atoms with Crippen molar-refractivity contribution >= 4 is 76.6 Å². The van der Waals surface area contributed by atoms with Gasteiger partial charge < -0.3 is 9.73 Å². The zero-order valence-electron chi connectivity index (χ0n) is 29.5. The predicted octanol–water partition coefficient (Wildman–Crippen LogP) is 11.0. The lowest BCUT2D eigenvalue weighted by atomic mass is 9.94. The van der Waals surface area contributed by atoms with E-state index in [0.29, 0.717) is 0 Å². The summed E-state index contributed by atoms with van der Waals surface area (Å²) >= 11 is 1.90.